The fraction of sp³-hybridized carbons (Fsp3) is 0.364. The molecule has 2 aromatic carbocycles. The molecular formula is C22H28N4O3. The van der Waals surface area contributed by atoms with E-state index in [4.69, 9.17) is 4.74 Å². The number of carbonyl (C=O) groups is 2. The van der Waals surface area contributed by atoms with E-state index in [1.54, 1.807) is 0 Å². The van der Waals surface area contributed by atoms with E-state index < -0.39 is 0 Å². The molecule has 0 atom stereocenters. The highest BCUT2D eigenvalue weighted by Crippen LogP contribution is 2.13. The number of carbonyl (C=O) groups excluding carboxylic acids is 2. The molecule has 0 spiro atoms. The third-order valence-corrected chi connectivity index (χ3v) is 4.76. The van der Waals surface area contributed by atoms with Crippen LogP contribution >= 0.6 is 0 Å². The maximum Gasteiger partial charge on any atom is 0.315 e. The summed E-state index contributed by atoms with van der Waals surface area (Å²) in [5.41, 5.74) is 3.97. The molecule has 29 heavy (non-hydrogen) atoms. The first kappa shape index (κ1) is 20.8. The Labute approximate surface area is 171 Å². The maximum atomic E-state index is 12.2. The number of ether oxygens (including phenoxy) is 1. The summed E-state index contributed by atoms with van der Waals surface area (Å²) in [4.78, 5) is 25.8. The predicted molar refractivity (Wildman–Crippen MR) is 112 cm³/mol. The van der Waals surface area contributed by atoms with Crippen LogP contribution in [0.5, 0.6) is 0 Å². The quantitative estimate of drug-likeness (QED) is 0.672. The molecule has 1 heterocycles. The summed E-state index contributed by atoms with van der Waals surface area (Å²) in [6.07, 6.45) is 0. The molecule has 1 aliphatic rings. The largest absolute Gasteiger partial charge is 0.379 e. The lowest BCUT2D eigenvalue weighted by molar-refractivity contribution is -0.114. The molecule has 1 fully saturated rings. The minimum absolute atomic E-state index is 0.122. The third kappa shape index (κ3) is 6.89. The Hall–Kier alpha value is -2.90. The zero-order valence-electron chi connectivity index (χ0n) is 16.7. The highest BCUT2D eigenvalue weighted by molar-refractivity contribution is 5.88. The number of amides is 3. The van der Waals surface area contributed by atoms with Crippen molar-refractivity contribution in [1.29, 1.82) is 0 Å². The second kappa shape index (κ2) is 10.6. The number of morpholine rings is 1. The van der Waals surface area contributed by atoms with Crippen LogP contribution in [0.2, 0.25) is 0 Å². The standard InChI is InChI=1S/C22H28N4O3/c1-17(27)25-21-8-4-5-18(13-21)14-23-22(28)24-15-19-6-2-3-7-20(19)16-26-9-11-29-12-10-26/h2-8,13H,9-12,14-16H2,1H3,(H,25,27)(H2,23,24,28). The van der Waals surface area contributed by atoms with Gasteiger partial charge in [-0.3, -0.25) is 9.69 Å². The van der Waals surface area contributed by atoms with Crippen LogP contribution < -0.4 is 16.0 Å². The van der Waals surface area contributed by atoms with E-state index in [1.807, 2.05) is 42.5 Å². The van der Waals surface area contributed by atoms with Crippen LogP contribution in [0.15, 0.2) is 48.5 Å². The Balaban J connectivity index is 1.49. The molecule has 7 heteroatoms. The molecular weight excluding hydrogens is 368 g/mol. The summed E-state index contributed by atoms with van der Waals surface area (Å²) in [5, 5.41) is 8.53. The molecule has 3 rings (SSSR count). The molecule has 3 N–H and O–H groups in total. The first-order chi connectivity index (χ1) is 14.1. The van der Waals surface area contributed by atoms with Gasteiger partial charge in [-0.05, 0) is 28.8 Å². The first-order valence-corrected chi connectivity index (χ1v) is 9.85. The second-order valence-electron chi connectivity index (χ2n) is 7.08. The molecule has 1 saturated heterocycles. The monoisotopic (exact) mass is 396 g/mol. The number of hydrogen-bond acceptors (Lipinski definition) is 4. The van der Waals surface area contributed by atoms with E-state index in [2.05, 4.69) is 26.9 Å². The van der Waals surface area contributed by atoms with Crippen molar-refractivity contribution in [2.24, 2.45) is 0 Å². The number of rotatable bonds is 7. The second-order valence-corrected chi connectivity index (χ2v) is 7.08. The van der Waals surface area contributed by atoms with Crippen molar-refractivity contribution in [3.05, 3.63) is 65.2 Å². The average molecular weight is 396 g/mol. The van der Waals surface area contributed by atoms with Gasteiger partial charge in [0, 0.05) is 45.3 Å². The van der Waals surface area contributed by atoms with Gasteiger partial charge in [0.05, 0.1) is 13.2 Å². The van der Waals surface area contributed by atoms with Gasteiger partial charge in [0.1, 0.15) is 0 Å². The molecule has 0 saturated carbocycles. The number of nitrogens with one attached hydrogen (secondary N) is 3. The summed E-state index contributed by atoms with van der Waals surface area (Å²) < 4.78 is 5.41. The van der Waals surface area contributed by atoms with Crippen molar-refractivity contribution in [3.8, 4) is 0 Å². The summed E-state index contributed by atoms with van der Waals surface area (Å²) in [6, 6.07) is 15.4. The Morgan fingerprint density at radius 3 is 2.45 bits per heavy atom. The molecule has 7 nitrogen and oxygen atoms in total. The number of benzene rings is 2. The summed E-state index contributed by atoms with van der Waals surface area (Å²) >= 11 is 0. The van der Waals surface area contributed by atoms with Crippen LogP contribution in [0.1, 0.15) is 23.6 Å². The van der Waals surface area contributed by atoms with Crippen molar-refractivity contribution >= 4 is 17.6 Å². The van der Waals surface area contributed by atoms with Gasteiger partial charge in [-0.2, -0.15) is 0 Å². The van der Waals surface area contributed by atoms with Gasteiger partial charge in [0.15, 0.2) is 0 Å². The minimum Gasteiger partial charge on any atom is -0.379 e. The maximum absolute atomic E-state index is 12.2. The lowest BCUT2D eigenvalue weighted by Crippen LogP contribution is -2.37. The normalized spacial score (nSPS) is 14.2. The van der Waals surface area contributed by atoms with Crippen LogP contribution in [-0.4, -0.2) is 43.1 Å². The molecule has 1 aliphatic heterocycles. The van der Waals surface area contributed by atoms with Crippen molar-refractivity contribution in [1.82, 2.24) is 15.5 Å². The zero-order chi connectivity index (χ0) is 20.5. The van der Waals surface area contributed by atoms with E-state index in [-0.39, 0.29) is 11.9 Å². The van der Waals surface area contributed by atoms with Crippen LogP contribution in [-0.2, 0) is 29.2 Å². The lowest BCUT2D eigenvalue weighted by Gasteiger charge is -2.27. The average Bonchev–Trinajstić information content (AvgIpc) is 2.72. The zero-order valence-corrected chi connectivity index (χ0v) is 16.7. The van der Waals surface area contributed by atoms with Crippen molar-refractivity contribution in [2.75, 3.05) is 31.6 Å². The molecule has 3 amide bonds. The van der Waals surface area contributed by atoms with Gasteiger partial charge in [-0.15, -0.1) is 0 Å². The van der Waals surface area contributed by atoms with Crippen molar-refractivity contribution < 1.29 is 14.3 Å². The summed E-state index contributed by atoms with van der Waals surface area (Å²) in [5.74, 6) is -0.122. The van der Waals surface area contributed by atoms with E-state index >= 15 is 0 Å². The van der Waals surface area contributed by atoms with Gasteiger partial charge in [-0.25, -0.2) is 4.79 Å². The molecule has 154 valence electrons. The van der Waals surface area contributed by atoms with Crippen LogP contribution in [0.4, 0.5) is 10.5 Å². The van der Waals surface area contributed by atoms with E-state index in [1.165, 1.54) is 12.5 Å². The molecule has 0 unspecified atom stereocenters. The van der Waals surface area contributed by atoms with Crippen LogP contribution in [0.25, 0.3) is 0 Å². The Morgan fingerprint density at radius 2 is 1.69 bits per heavy atom. The van der Waals surface area contributed by atoms with Gasteiger partial charge in [-0.1, -0.05) is 36.4 Å². The molecule has 0 aromatic heterocycles. The van der Waals surface area contributed by atoms with Crippen LogP contribution in [0.3, 0.4) is 0 Å². The van der Waals surface area contributed by atoms with Gasteiger partial charge >= 0.3 is 6.03 Å². The summed E-state index contributed by atoms with van der Waals surface area (Å²) in [6.45, 7) is 6.58. The number of anilines is 1. The molecule has 2 aromatic rings. The highest BCUT2D eigenvalue weighted by atomic mass is 16.5. The van der Waals surface area contributed by atoms with Crippen molar-refractivity contribution in [2.45, 2.75) is 26.6 Å². The Bertz CT molecular complexity index is 834. The van der Waals surface area contributed by atoms with E-state index in [0.29, 0.717) is 18.8 Å². The Kier molecular flexibility index (Phi) is 7.61. The third-order valence-electron chi connectivity index (χ3n) is 4.76. The minimum atomic E-state index is -0.226. The number of urea groups is 1. The highest BCUT2D eigenvalue weighted by Gasteiger charge is 2.13. The molecule has 0 radical (unpaired) electrons. The Morgan fingerprint density at radius 1 is 0.966 bits per heavy atom. The first-order valence-electron chi connectivity index (χ1n) is 9.85. The van der Waals surface area contributed by atoms with Crippen molar-refractivity contribution in [3.63, 3.8) is 0 Å². The fourth-order valence-electron chi connectivity index (χ4n) is 3.27. The predicted octanol–water partition coefficient (Wildman–Crippen LogP) is 2.48. The number of hydrogen-bond donors (Lipinski definition) is 3. The van der Waals surface area contributed by atoms with Gasteiger partial charge in [0.2, 0.25) is 5.91 Å². The number of nitrogens with zero attached hydrogens (tertiary/aromatic N) is 1. The molecule has 0 aliphatic carbocycles. The SMILES string of the molecule is CC(=O)Nc1cccc(CNC(=O)NCc2ccccc2CN2CCOCC2)c1. The van der Waals surface area contributed by atoms with Crippen LogP contribution in [0, 0.1) is 0 Å². The van der Waals surface area contributed by atoms with Gasteiger partial charge in [0.25, 0.3) is 0 Å². The van der Waals surface area contributed by atoms with E-state index in [9.17, 15) is 9.59 Å². The molecule has 0 bridgehead atoms. The topological polar surface area (TPSA) is 82.7 Å². The summed E-state index contributed by atoms with van der Waals surface area (Å²) in [7, 11) is 0. The smallest absolute Gasteiger partial charge is 0.315 e. The lowest BCUT2D eigenvalue weighted by atomic mass is 10.1. The van der Waals surface area contributed by atoms with Gasteiger partial charge < -0.3 is 20.7 Å². The fourth-order valence-corrected chi connectivity index (χ4v) is 3.27. The van der Waals surface area contributed by atoms with E-state index in [0.717, 1.165) is 44.0 Å².